The number of nitrogens with zero attached hydrogens (tertiary/aromatic N) is 3. The number of piperidine rings is 1. The van der Waals surface area contributed by atoms with Crippen LogP contribution in [-0.2, 0) is 4.74 Å². The monoisotopic (exact) mass is 421 g/mol. The van der Waals surface area contributed by atoms with Gasteiger partial charge in [0.15, 0.2) is 0 Å². The van der Waals surface area contributed by atoms with Crippen LogP contribution < -0.4 is 4.74 Å². The Labute approximate surface area is 162 Å². The maximum Gasteiger partial charge on any atom is 0.410 e. The Hall–Kier alpha value is -2.02. The summed E-state index contributed by atoms with van der Waals surface area (Å²) in [5.41, 5.74) is 0.562. The fraction of sp³-hybridized carbons (Fsp3) is 0.474. The average molecular weight is 422 g/mol. The molecule has 140 valence electrons. The molecule has 0 bridgehead atoms. The molecule has 0 N–H and O–H groups in total. The SMILES string of the molecule is CC(C)(C)OC(=O)N1CCC(Oc2ccc(-n3cnc(Br)c3)cc2)CC1. The second kappa shape index (κ2) is 7.70. The first-order valence-corrected chi connectivity index (χ1v) is 9.54. The number of ether oxygens (including phenoxy) is 2. The van der Waals surface area contributed by atoms with Gasteiger partial charge in [0.1, 0.15) is 28.4 Å². The molecular formula is C19H24BrN3O3. The van der Waals surface area contributed by atoms with Crippen molar-refractivity contribution in [2.75, 3.05) is 13.1 Å². The first-order valence-electron chi connectivity index (χ1n) is 8.75. The zero-order chi connectivity index (χ0) is 18.7. The average Bonchev–Trinajstić information content (AvgIpc) is 3.01. The fourth-order valence-corrected chi connectivity index (χ4v) is 3.12. The molecule has 1 aromatic carbocycles. The summed E-state index contributed by atoms with van der Waals surface area (Å²) >= 11 is 3.35. The van der Waals surface area contributed by atoms with E-state index in [1.54, 1.807) is 11.2 Å². The summed E-state index contributed by atoms with van der Waals surface area (Å²) in [6.45, 7) is 6.95. The number of benzene rings is 1. The third-order valence-electron chi connectivity index (χ3n) is 4.08. The van der Waals surface area contributed by atoms with Crippen molar-refractivity contribution in [2.24, 2.45) is 0 Å². The lowest BCUT2D eigenvalue weighted by atomic mass is 10.1. The van der Waals surface area contributed by atoms with Crippen LogP contribution in [0.15, 0.2) is 41.4 Å². The van der Waals surface area contributed by atoms with Crippen LogP contribution in [0.2, 0.25) is 0 Å². The number of amides is 1. The van der Waals surface area contributed by atoms with Crippen LogP contribution in [0.3, 0.4) is 0 Å². The molecule has 1 aliphatic rings. The quantitative estimate of drug-likeness (QED) is 0.735. The second-order valence-corrected chi connectivity index (χ2v) is 8.19. The van der Waals surface area contributed by atoms with Crippen LogP contribution in [0.5, 0.6) is 5.75 Å². The largest absolute Gasteiger partial charge is 0.490 e. The summed E-state index contributed by atoms with van der Waals surface area (Å²) < 4.78 is 14.2. The molecule has 1 amide bonds. The van der Waals surface area contributed by atoms with Crippen molar-refractivity contribution in [1.29, 1.82) is 0 Å². The standard InChI is InChI=1S/C19H24BrN3O3/c1-19(2,3)26-18(24)22-10-8-16(9-11-22)25-15-6-4-14(5-7-15)23-12-17(20)21-13-23/h4-7,12-13,16H,8-11H2,1-3H3. The van der Waals surface area contributed by atoms with E-state index in [1.165, 1.54) is 0 Å². The Bertz CT molecular complexity index is 744. The number of rotatable bonds is 3. The summed E-state index contributed by atoms with van der Waals surface area (Å²) in [6.07, 6.45) is 5.13. The summed E-state index contributed by atoms with van der Waals surface area (Å²) in [5.74, 6) is 0.837. The number of hydrogen-bond acceptors (Lipinski definition) is 4. The molecule has 6 nitrogen and oxygen atoms in total. The predicted molar refractivity (Wildman–Crippen MR) is 103 cm³/mol. The first-order chi connectivity index (χ1) is 12.3. The smallest absolute Gasteiger partial charge is 0.410 e. The lowest BCUT2D eigenvalue weighted by Gasteiger charge is -2.33. The van der Waals surface area contributed by atoms with Gasteiger partial charge in [-0.05, 0) is 61.0 Å². The number of imidazole rings is 1. The van der Waals surface area contributed by atoms with Gasteiger partial charge >= 0.3 is 6.09 Å². The first kappa shape index (κ1) is 18.8. The van der Waals surface area contributed by atoms with Crippen molar-refractivity contribution in [3.05, 3.63) is 41.4 Å². The predicted octanol–water partition coefficient (Wildman–Crippen LogP) is 4.41. The lowest BCUT2D eigenvalue weighted by Crippen LogP contribution is -2.44. The van der Waals surface area contributed by atoms with E-state index in [0.29, 0.717) is 13.1 Å². The molecule has 3 rings (SSSR count). The number of carbonyl (C=O) groups is 1. The lowest BCUT2D eigenvalue weighted by molar-refractivity contribution is 0.0126. The highest BCUT2D eigenvalue weighted by molar-refractivity contribution is 9.10. The molecule has 1 aromatic heterocycles. The fourth-order valence-electron chi connectivity index (χ4n) is 2.81. The minimum atomic E-state index is -0.461. The minimum absolute atomic E-state index is 0.113. The maximum atomic E-state index is 12.1. The molecule has 0 atom stereocenters. The zero-order valence-corrected chi connectivity index (χ0v) is 16.9. The molecule has 0 aliphatic carbocycles. The molecule has 0 spiro atoms. The van der Waals surface area contributed by atoms with Crippen LogP contribution in [0, 0.1) is 0 Å². The maximum absolute atomic E-state index is 12.1. The summed E-state index contributed by atoms with van der Waals surface area (Å²) in [6, 6.07) is 7.92. The molecule has 0 unspecified atom stereocenters. The number of aromatic nitrogens is 2. The Morgan fingerprint density at radius 3 is 2.38 bits per heavy atom. The van der Waals surface area contributed by atoms with Crippen LogP contribution >= 0.6 is 15.9 Å². The van der Waals surface area contributed by atoms with Crippen molar-refractivity contribution >= 4 is 22.0 Å². The van der Waals surface area contributed by atoms with Gasteiger partial charge in [0.25, 0.3) is 0 Å². The Morgan fingerprint density at radius 2 is 1.85 bits per heavy atom. The van der Waals surface area contributed by atoms with E-state index in [9.17, 15) is 4.79 Å². The summed E-state index contributed by atoms with van der Waals surface area (Å²) in [7, 11) is 0. The molecular weight excluding hydrogens is 398 g/mol. The van der Waals surface area contributed by atoms with E-state index in [4.69, 9.17) is 9.47 Å². The van der Waals surface area contributed by atoms with Crippen molar-refractivity contribution < 1.29 is 14.3 Å². The van der Waals surface area contributed by atoms with E-state index in [2.05, 4.69) is 20.9 Å². The number of likely N-dealkylation sites (tertiary alicyclic amines) is 1. The van der Waals surface area contributed by atoms with Crippen LogP contribution in [0.4, 0.5) is 4.79 Å². The Morgan fingerprint density at radius 1 is 1.19 bits per heavy atom. The van der Waals surface area contributed by atoms with E-state index in [-0.39, 0.29) is 12.2 Å². The van der Waals surface area contributed by atoms with Crippen LogP contribution in [0.25, 0.3) is 5.69 Å². The molecule has 7 heteroatoms. The van der Waals surface area contributed by atoms with E-state index >= 15 is 0 Å². The van der Waals surface area contributed by atoms with Gasteiger partial charge in [-0.25, -0.2) is 9.78 Å². The number of hydrogen-bond donors (Lipinski definition) is 0. The normalized spacial score (nSPS) is 15.8. The van der Waals surface area contributed by atoms with Crippen molar-refractivity contribution in [1.82, 2.24) is 14.5 Å². The minimum Gasteiger partial charge on any atom is -0.490 e. The molecule has 0 radical (unpaired) electrons. The molecule has 1 saturated heterocycles. The van der Waals surface area contributed by atoms with Gasteiger partial charge in [-0.15, -0.1) is 0 Å². The highest BCUT2D eigenvalue weighted by atomic mass is 79.9. The highest BCUT2D eigenvalue weighted by Gasteiger charge is 2.27. The van der Waals surface area contributed by atoms with Crippen molar-refractivity contribution in [2.45, 2.75) is 45.3 Å². The number of carbonyl (C=O) groups excluding carboxylic acids is 1. The molecule has 2 heterocycles. The van der Waals surface area contributed by atoms with E-state index in [0.717, 1.165) is 28.9 Å². The highest BCUT2D eigenvalue weighted by Crippen LogP contribution is 2.22. The molecule has 1 aliphatic heterocycles. The Balaban J connectivity index is 1.51. The summed E-state index contributed by atoms with van der Waals surface area (Å²) in [4.78, 5) is 18.0. The molecule has 26 heavy (non-hydrogen) atoms. The molecule has 1 fully saturated rings. The third-order valence-corrected chi connectivity index (χ3v) is 4.49. The second-order valence-electron chi connectivity index (χ2n) is 7.38. The van der Waals surface area contributed by atoms with Gasteiger partial charge in [0.2, 0.25) is 0 Å². The summed E-state index contributed by atoms with van der Waals surface area (Å²) in [5, 5.41) is 0. The molecule has 2 aromatic rings. The van der Waals surface area contributed by atoms with Gasteiger partial charge in [0, 0.05) is 37.8 Å². The zero-order valence-electron chi connectivity index (χ0n) is 15.3. The third kappa shape index (κ3) is 5.00. The van der Waals surface area contributed by atoms with Crippen molar-refractivity contribution in [3.8, 4) is 11.4 Å². The van der Waals surface area contributed by atoms with Gasteiger partial charge in [0.05, 0.1) is 0 Å². The van der Waals surface area contributed by atoms with Gasteiger partial charge in [-0.2, -0.15) is 0 Å². The Kier molecular flexibility index (Phi) is 5.55. The topological polar surface area (TPSA) is 56.6 Å². The van der Waals surface area contributed by atoms with Crippen molar-refractivity contribution in [3.63, 3.8) is 0 Å². The van der Waals surface area contributed by atoms with Gasteiger partial charge in [-0.1, -0.05) is 0 Å². The number of halogens is 1. The van der Waals surface area contributed by atoms with E-state index in [1.807, 2.05) is 55.8 Å². The van der Waals surface area contributed by atoms with E-state index < -0.39 is 5.60 Å². The van der Waals surface area contributed by atoms with Crippen LogP contribution in [-0.4, -0.2) is 45.3 Å². The molecule has 0 saturated carbocycles. The van der Waals surface area contributed by atoms with Crippen LogP contribution in [0.1, 0.15) is 33.6 Å². The van der Waals surface area contributed by atoms with Gasteiger partial charge < -0.3 is 18.9 Å². The van der Waals surface area contributed by atoms with Gasteiger partial charge in [-0.3, -0.25) is 0 Å².